The van der Waals surface area contributed by atoms with E-state index in [4.69, 9.17) is 4.74 Å². The van der Waals surface area contributed by atoms with Crippen LogP contribution in [-0.2, 0) is 24.2 Å². The number of benzene rings is 1. The van der Waals surface area contributed by atoms with Crippen LogP contribution in [0.4, 0.5) is 0 Å². The molecule has 30 heavy (non-hydrogen) atoms. The molecule has 9 heteroatoms. The molecule has 3 rings (SSSR count). The van der Waals surface area contributed by atoms with Crippen molar-refractivity contribution in [3.8, 4) is 5.69 Å². The molecule has 2 heterocycles. The Bertz CT molecular complexity index is 1070. The maximum Gasteiger partial charge on any atom is 0.331 e. The van der Waals surface area contributed by atoms with Crippen molar-refractivity contribution in [2.45, 2.75) is 26.3 Å². The van der Waals surface area contributed by atoms with Gasteiger partial charge in [0.05, 0.1) is 22.9 Å². The highest BCUT2D eigenvalue weighted by molar-refractivity contribution is 7.91. The number of sulfone groups is 1. The standard InChI is InChI=1S/C21H25N3O5S/c1-15-19(16(2)24(22-15)17-7-5-4-6-8-17)9-10-21(26)29-13-20(25)23(3)18-11-12-30(27,28)14-18/h4-10,18H,11-14H2,1-3H3/b10-9+. The summed E-state index contributed by atoms with van der Waals surface area (Å²) in [6, 6.07) is 9.29. The van der Waals surface area contributed by atoms with Crippen molar-refractivity contribution in [1.82, 2.24) is 14.7 Å². The Morgan fingerprint density at radius 3 is 2.60 bits per heavy atom. The number of para-hydroxylation sites is 1. The molecule has 1 aromatic heterocycles. The molecule has 2 aromatic rings. The van der Waals surface area contributed by atoms with Crippen molar-refractivity contribution in [2.75, 3.05) is 25.2 Å². The Morgan fingerprint density at radius 1 is 1.27 bits per heavy atom. The molecule has 1 atom stereocenters. The van der Waals surface area contributed by atoms with Gasteiger partial charge in [-0.2, -0.15) is 5.10 Å². The summed E-state index contributed by atoms with van der Waals surface area (Å²) in [4.78, 5) is 25.6. The van der Waals surface area contributed by atoms with E-state index in [2.05, 4.69) is 5.10 Å². The van der Waals surface area contributed by atoms with Crippen molar-refractivity contribution in [3.05, 3.63) is 53.4 Å². The third-order valence-electron chi connectivity index (χ3n) is 5.22. The topological polar surface area (TPSA) is 98.6 Å². The summed E-state index contributed by atoms with van der Waals surface area (Å²) in [6.45, 7) is 3.33. The first-order valence-corrected chi connectivity index (χ1v) is 11.4. The minimum absolute atomic E-state index is 0.0486. The van der Waals surface area contributed by atoms with Gasteiger partial charge < -0.3 is 9.64 Å². The van der Waals surface area contributed by atoms with Gasteiger partial charge in [0.1, 0.15) is 0 Å². The third-order valence-corrected chi connectivity index (χ3v) is 6.97. The maximum absolute atomic E-state index is 12.2. The van der Waals surface area contributed by atoms with Crippen molar-refractivity contribution in [2.24, 2.45) is 0 Å². The monoisotopic (exact) mass is 431 g/mol. The number of rotatable bonds is 6. The minimum atomic E-state index is -3.09. The zero-order valence-corrected chi connectivity index (χ0v) is 18.1. The Kier molecular flexibility index (Phi) is 6.40. The summed E-state index contributed by atoms with van der Waals surface area (Å²) in [5.74, 6) is -1.05. The number of hydrogen-bond acceptors (Lipinski definition) is 6. The molecule has 0 saturated carbocycles. The van der Waals surface area contributed by atoms with Crippen LogP contribution >= 0.6 is 0 Å². The van der Waals surface area contributed by atoms with Crippen LogP contribution in [0.25, 0.3) is 11.8 Å². The minimum Gasteiger partial charge on any atom is -0.452 e. The van der Waals surface area contributed by atoms with Gasteiger partial charge in [-0.05, 0) is 38.5 Å². The summed E-state index contributed by atoms with van der Waals surface area (Å²) in [5, 5.41) is 4.52. The number of esters is 1. The van der Waals surface area contributed by atoms with Crippen molar-refractivity contribution >= 4 is 27.8 Å². The first-order valence-electron chi connectivity index (χ1n) is 9.60. The lowest BCUT2D eigenvalue weighted by molar-refractivity contribution is -0.148. The first-order chi connectivity index (χ1) is 14.2. The van der Waals surface area contributed by atoms with Crippen LogP contribution in [0.5, 0.6) is 0 Å². The van der Waals surface area contributed by atoms with Crippen LogP contribution in [0.1, 0.15) is 23.4 Å². The lowest BCUT2D eigenvalue weighted by atomic mass is 10.2. The number of hydrogen-bond donors (Lipinski definition) is 0. The van der Waals surface area contributed by atoms with E-state index in [1.807, 2.05) is 44.2 Å². The average molecular weight is 432 g/mol. The molecular formula is C21H25N3O5S. The number of carbonyl (C=O) groups excluding carboxylic acids is 2. The van der Waals surface area contributed by atoms with Crippen molar-refractivity contribution < 1.29 is 22.7 Å². The molecule has 0 aliphatic carbocycles. The van der Waals surface area contributed by atoms with Crippen LogP contribution in [-0.4, -0.2) is 66.2 Å². The number of amides is 1. The van der Waals surface area contributed by atoms with E-state index in [1.165, 1.54) is 18.0 Å². The highest BCUT2D eigenvalue weighted by Crippen LogP contribution is 2.19. The predicted molar refractivity (Wildman–Crippen MR) is 113 cm³/mol. The van der Waals surface area contributed by atoms with E-state index >= 15 is 0 Å². The fourth-order valence-electron chi connectivity index (χ4n) is 3.44. The quantitative estimate of drug-likeness (QED) is 0.510. The van der Waals surface area contributed by atoms with Gasteiger partial charge in [-0.25, -0.2) is 17.9 Å². The second-order valence-corrected chi connectivity index (χ2v) is 9.56. The molecule has 1 amide bonds. The molecule has 0 bridgehead atoms. The fraction of sp³-hybridized carbons (Fsp3) is 0.381. The number of aromatic nitrogens is 2. The summed E-state index contributed by atoms with van der Waals surface area (Å²) >= 11 is 0. The van der Waals surface area contributed by atoms with Gasteiger partial charge in [0, 0.05) is 30.4 Å². The van der Waals surface area contributed by atoms with Crippen molar-refractivity contribution in [1.29, 1.82) is 0 Å². The van der Waals surface area contributed by atoms with Crippen LogP contribution in [0.15, 0.2) is 36.4 Å². The fourth-order valence-corrected chi connectivity index (χ4v) is 5.21. The Labute approximate surface area is 176 Å². The molecule has 1 unspecified atom stereocenters. The highest BCUT2D eigenvalue weighted by Gasteiger charge is 2.32. The predicted octanol–water partition coefficient (Wildman–Crippen LogP) is 1.69. The molecule has 8 nitrogen and oxygen atoms in total. The Morgan fingerprint density at radius 2 is 1.97 bits per heavy atom. The van der Waals surface area contributed by atoms with Crippen LogP contribution in [0.2, 0.25) is 0 Å². The van der Waals surface area contributed by atoms with E-state index in [1.54, 1.807) is 10.8 Å². The van der Waals surface area contributed by atoms with Crippen LogP contribution in [0, 0.1) is 13.8 Å². The highest BCUT2D eigenvalue weighted by atomic mass is 32.2. The van der Waals surface area contributed by atoms with E-state index < -0.39 is 28.3 Å². The molecule has 1 aromatic carbocycles. The van der Waals surface area contributed by atoms with Gasteiger partial charge in [0.25, 0.3) is 5.91 Å². The third kappa shape index (κ3) is 4.96. The van der Waals surface area contributed by atoms with E-state index in [9.17, 15) is 18.0 Å². The molecule has 0 spiro atoms. The molecular weight excluding hydrogens is 406 g/mol. The van der Waals surface area contributed by atoms with E-state index in [0.717, 1.165) is 22.6 Å². The lowest BCUT2D eigenvalue weighted by Gasteiger charge is -2.22. The Hall–Kier alpha value is -2.94. The number of aryl methyl sites for hydroxylation is 1. The molecule has 160 valence electrons. The largest absolute Gasteiger partial charge is 0.452 e. The Balaban J connectivity index is 1.59. The number of nitrogens with zero attached hydrogens (tertiary/aromatic N) is 3. The van der Waals surface area contributed by atoms with E-state index in [0.29, 0.717) is 6.42 Å². The lowest BCUT2D eigenvalue weighted by Crippen LogP contribution is -2.40. The molecule has 1 aliphatic rings. The SMILES string of the molecule is Cc1nn(-c2ccccc2)c(C)c1/C=C/C(=O)OCC(=O)N(C)C1CCS(=O)(=O)C1. The smallest absolute Gasteiger partial charge is 0.331 e. The normalized spacial score (nSPS) is 17.9. The first kappa shape index (κ1) is 21.8. The zero-order valence-electron chi connectivity index (χ0n) is 17.2. The van der Waals surface area contributed by atoms with Gasteiger partial charge in [-0.1, -0.05) is 18.2 Å². The van der Waals surface area contributed by atoms with Crippen molar-refractivity contribution in [3.63, 3.8) is 0 Å². The molecule has 1 fully saturated rings. The second-order valence-electron chi connectivity index (χ2n) is 7.33. The summed E-state index contributed by atoms with van der Waals surface area (Å²) in [6.07, 6.45) is 3.29. The van der Waals surface area contributed by atoms with Crippen LogP contribution in [0.3, 0.4) is 0 Å². The second kappa shape index (κ2) is 8.83. The molecule has 0 N–H and O–H groups in total. The van der Waals surface area contributed by atoms with Gasteiger partial charge in [-0.15, -0.1) is 0 Å². The van der Waals surface area contributed by atoms with E-state index in [-0.39, 0.29) is 17.5 Å². The number of likely N-dealkylation sites (N-methyl/N-ethyl adjacent to an activating group) is 1. The molecule has 0 radical (unpaired) electrons. The zero-order chi connectivity index (χ0) is 21.9. The molecule has 1 aliphatic heterocycles. The number of ether oxygens (including phenoxy) is 1. The molecule has 1 saturated heterocycles. The van der Waals surface area contributed by atoms with Gasteiger partial charge in [-0.3, -0.25) is 4.79 Å². The summed E-state index contributed by atoms with van der Waals surface area (Å²) in [7, 11) is -1.56. The van der Waals surface area contributed by atoms with Crippen LogP contribution < -0.4 is 0 Å². The average Bonchev–Trinajstić information content (AvgIpc) is 3.23. The summed E-state index contributed by atoms with van der Waals surface area (Å²) < 4.78 is 30.0. The summed E-state index contributed by atoms with van der Waals surface area (Å²) in [5.41, 5.74) is 3.36. The van der Waals surface area contributed by atoms with Gasteiger partial charge in [0.15, 0.2) is 16.4 Å². The van der Waals surface area contributed by atoms with Gasteiger partial charge in [0.2, 0.25) is 0 Å². The number of carbonyl (C=O) groups is 2. The van der Waals surface area contributed by atoms with Gasteiger partial charge >= 0.3 is 5.97 Å². The maximum atomic E-state index is 12.2.